The van der Waals surface area contributed by atoms with Gasteiger partial charge in [-0.05, 0) is 54.6 Å². The third kappa shape index (κ3) is 3.74. The summed E-state index contributed by atoms with van der Waals surface area (Å²) in [6.07, 6.45) is 3.40. The minimum atomic E-state index is -3.58. The van der Waals surface area contributed by atoms with Gasteiger partial charge in [-0.3, -0.25) is 0 Å². The highest BCUT2D eigenvalue weighted by atomic mass is 35.5. The Kier molecular flexibility index (Phi) is 5.31. The molecule has 0 aliphatic carbocycles. The fraction of sp³-hybridized carbons (Fsp3) is 0.350. The van der Waals surface area contributed by atoms with E-state index in [4.69, 9.17) is 11.6 Å². The predicted octanol–water partition coefficient (Wildman–Crippen LogP) is 4.05. The highest BCUT2D eigenvalue weighted by Gasteiger charge is 2.26. The standard InChI is InChI=1S/C20H21ClN4O2S/c1-28(26,27)19-17(21)7-6-16(18(19)20-23-12-24-25-20)15-4-2-13(3-5-15)14-8-10-22-11-9-14/h2-7,14,22H,8-12H2,1H3. The molecule has 2 aliphatic rings. The van der Waals surface area contributed by atoms with E-state index in [2.05, 4.69) is 32.7 Å². The number of sulfone groups is 1. The molecule has 0 atom stereocenters. The van der Waals surface area contributed by atoms with Crippen LogP contribution in [-0.4, -0.2) is 40.3 Å². The number of aliphatic imine (C=N–C) groups is 1. The van der Waals surface area contributed by atoms with Crippen LogP contribution in [0.5, 0.6) is 0 Å². The van der Waals surface area contributed by atoms with Crippen molar-refractivity contribution in [3.8, 4) is 11.1 Å². The van der Waals surface area contributed by atoms with Crippen molar-refractivity contribution in [3.63, 3.8) is 0 Å². The number of halogens is 1. The largest absolute Gasteiger partial charge is 0.317 e. The molecule has 2 aromatic carbocycles. The molecular formula is C20H21ClN4O2S. The molecule has 0 radical (unpaired) electrons. The van der Waals surface area contributed by atoms with Gasteiger partial charge in [-0.1, -0.05) is 41.9 Å². The zero-order chi connectivity index (χ0) is 19.7. The topological polar surface area (TPSA) is 83.2 Å². The molecule has 28 heavy (non-hydrogen) atoms. The first-order valence-corrected chi connectivity index (χ1v) is 11.5. The van der Waals surface area contributed by atoms with Crippen LogP contribution in [0.15, 0.2) is 56.5 Å². The van der Waals surface area contributed by atoms with E-state index in [1.807, 2.05) is 18.2 Å². The highest BCUT2D eigenvalue weighted by molar-refractivity contribution is 7.91. The van der Waals surface area contributed by atoms with Crippen LogP contribution in [0.25, 0.3) is 11.1 Å². The molecule has 1 saturated heterocycles. The van der Waals surface area contributed by atoms with Gasteiger partial charge in [0.1, 0.15) is 0 Å². The first kappa shape index (κ1) is 19.2. The van der Waals surface area contributed by atoms with Crippen LogP contribution in [0.3, 0.4) is 0 Å². The first-order chi connectivity index (χ1) is 13.4. The molecule has 1 N–H and O–H groups in total. The molecule has 6 nitrogen and oxygen atoms in total. The Morgan fingerprint density at radius 3 is 2.39 bits per heavy atom. The van der Waals surface area contributed by atoms with Crippen molar-refractivity contribution < 1.29 is 8.42 Å². The van der Waals surface area contributed by atoms with Crippen LogP contribution in [0, 0.1) is 0 Å². The average Bonchev–Trinajstić information content (AvgIpc) is 3.22. The molecule has 146 valence electrons. The number of piperidine rings is 1. The lowest BCUT2D eigenvalue weighted by atomic mass is 9.88. The highest BCUT2D eigenvalue weighted by Crippen LogP contribution is 2.36. The van der Waals surface area contributed by atoms with Gasteiger partial charge >= 0.3 is 0 Å². The Hall–Kier alpha value is -2.09. The smallest absolute Gasteiger partial charge is 0.180 e. The summed E-state index contributed by atoms with van der Waals surface area (Å²) in [6.45, 7) is 2.27. The molecule has 4 rings (SSSR count). The molecule has 2 heterocycles. The lowest BCUT2D eigenvalue weighted by Gasteiger charge is -2.23. The summed E-state index contributed by atoms with van der Waals surface area (Å²) in [6, 6.07) is 11.8. The van der Waals surface area contributed by atoms with Gasteiger partial charge in [0, 0.05) is 11.8 Å². The van der Waals surface area contributed by atoms with Gasteiger partial charge in [0.25, 0.3) is 0 Å². The van der Waals surface area contributed by atoms with E-state index in [1.54, 1.807) is 6.07 Å². The van der Waals surface area contributed by atoms with Gasteiger partial charge in [0.15, 0.2) is 22.3 Å². The average molecular weight is 417 g/mol. The molecule has 8 heteroatoms. The summed E-state index contributed by atoms with van der Waals surface area (Å²) in [4.78, 5) is 4.30. The van der Waals surface area contributed by atoms with Crippen LogP contribution in [0.4, 0.5) is 0 Å². The number of nitrogens with zero attached hydrogens (tertiary/aromatic N) is 3. The number of benzene rings is 2. The van der Waals surface area contributed by atoms with Crippen molar-refractivity contribution >= 4 is 27.3 Å². The van der Waals surface area contributed by atoms with E-state index in [-0.39, 0.29) is 16.6 Å². The SMILES string of the molecule is CS(=O)(=O)c1c(Cl)ccc(-c2ccc(C3CCNCC3)cc2)c1C1=NCN=N1. The van der Waals surface area contributed by atoms with Gasteiger partial charge in [-0.25, -0.2) is 13.4 Å². The number of nitrogens with one attached hydrogen (secondary N) is 1. The molecular weight excluding hydrogens is 396 g/mol. The van der Waals surface area contributed by atoms with Gasteiger partial charge in [0.05, 0.1) is 9.92 Å². The maximum atomic E-state index is 12.5. The van der Waals surface area contributed by atoms with E-state index in [1.165, 1.54) is 5.56 Å². The van der Waals surface area contributed by atoms with Gasteiger partial charge in [-0.2, -0.15) is 5.11 Å². The minimum Gasteiger partial charge on any atom is -0.317 e. The molecule has 2 aromatic rings. The van der Waals surface area contributed by atoms with E-state index < -0.39 is 9.84 Å². The monoisotopic (exact) mass is 416 g/mol. The Morgan fingerprint density at radius 1 is 1.07 bits per heavy atom. The fourth-order valence-electron chi connectivity index (χ4n) is 3.83. The Balaban J connectivity index is 1.82. The lowest BCUT2D eigenvalue weighted by Crippen LogP contribution is -2.26. The summed E-state index contributed by atoms with van der Waals surface area (Å²) < 4.78 is 24.9. The molecule has 0 aromatic heterocycles. The van der Waals surface area contributed by atoms with Crippen molar-refractivity contribution in [3.05, 3.63) is 52.5 Å². The number of hydrogen-bond donors (Lipinski definition) is 1. The molecule has 0 saturated carbocycles. The molecule has 0 spiro atoms. The Labute approximate surface area is 169 Å². The second-order valence-electron chi connectivity index (χ2n) is 7.08. The second-order valence-corrected chi connectivity index (χ2v) is 9.44. The van der Waals surface area contributed by atoms with E-state index in [0.29, 0.717) is 17.3 Å². The molecule has 0 unspecified atom stereocenters. The quantitative estimate of drug-likeness (QED) is 0.816. The van der Waals surface area contributed by atoms with Crippen molar-refractivity contribution in [1.29, 1.82) is 0 Å². The van der Waals surface area contributed by atoms with Crippen molar-refractivity contribution in [1.82, 2.24) is 5.32 Å². The van der Waals surface area contributed by atoms with E-state index >= 15 is 0 Å². The molecule has 0 bridgehead atoms. The molecule has 1 fully saturated rings. The third-order valence-electron chi connectivity index (χ3n) is 5.19. The minimum absolute atomic E-state index is 0.0497. The van der Waals surface area contributed by atoms with Crippen molar-refractivity contribution in [2.45, 2.75) is 23.7 Å². The van der Waals surface area contributed by atoms with Crippen LogP contribution < -0.4 is 5.32 Å². The first-order valence-electron chi connectivity index (χ1n) is 9.21. The summed E-state index contributed by atoms with van der Waals surface area (Å²) in [5.74, 6) is 0.861. The lowest BCUT2D eigenvalue weighted by molar-refractivity contribution is 0.460. The Bertz CT molecular complexity index is 1060. The summed E-state index contributed by atoms with van der Waals surface area (Å²) in [5, 5.41) is 11.5. The number of azo groups is 1. The van der Waals surface area contributed by atoms with E-state index in [0.717, 1.165) is 43.3 Å². The van der Waals surface area contributed by atoms with Gasteiger partial charge in [-0.15, -0.1) is 5.11 Å². The second kappa shape index (κ2) is 7.73. The fourth-order valence-corrected chi connectivity index (χ4v) is 5.40. The Morgan fingerprint density at radius 2 is 1.79 bits per heavy atom. The van der Waals surface area contributed by atoms with Crippen molar-refractivity contribution in [2.24, 2.45) is 15.2 Å². The number of hydrogen-bond acceptors (Lipinski definition) is 6. The zero-order valence-corrected chi connectivity index (χ0v) is 17.1. The summed E-state index contributed by atoms with van der Waals surface area (Å²) >= 11 is 6.27. The summed E-state index contributed by atoms with van der Waals surface area (Å²) in [5.41, 5.74) is 3.37. The van der Waals surface area contributed by atoms with Crippen LogP contribution >= 0.6 is 11.6 Å². The normalized spacial score (nSPS) is 17.7. The molecule has 0 amide bonds. The van der Waals surface area contributed by atoms with Crippen LogP contribution in [0.1, 0.15) is 29.9 Å². The van der Waals surface area contributed by atoms with Gasteiger partial charge < -0.3 is 5.32 Å². The third-order valence-corrected chi connectivity index (χ3v) is 6.78. The van der Waals surface area contributed by atoms with Crippen molar-refractivity contribution in [2.75, 3.05) is 26.0 Å². The predicted molar refractivity (Wildman–Crippen MR) is 111 cm³/mol. The molecule has 2 aliphatic heterocycles. The maximum Gasteiger partial charge on any atom is 0.180 e. The van der Waals surface area contributed by atoms with Crippen LogP contribution in [-0.2, 0) is 9.84 Å². The number of amidine groups is 1. The summed E-state index contributed by atoms with van der Waals surface area (Å²) in [7, 11) is -3.58. The zero-order valence-electron chi connectivity index (χ0n) is 15.5. The van der Waals surface area contributed by atoms with Gasteiger partial charge in [0.2, 0.25) is 0 Å². The number of rotatable bonds is 4. The van der Waals surface area contributed by atoms with Crippen LogP contribution in [0.2, 0.25) is 5.02 Å². The van der Waals surface area contributed by atoms with E-state index in [9.17, 15) is 8.42 Å². The maximum absolute atomic E-state index is 12.5.